The zero-order valence-corrected chi connectivity index (χ0v) is 7.32. The lowest BCUT2D eigenvalue weighted by atomic mass is 10.1. The van der Waals surface area contributed by atoms with Crippen LogP contribution in [0.4, 0.5) is 0 Å². The standard InChI is InChI=1S/C8H16O4/c1-2-12-8(11)5-3-4-7(10)6-9/h7,9-10H,2-6H2,1H3/t7-/m0/s1. The number of carbonyl (C=O) groups excluding carboxylic acids is 1. The summed E-state index contributed by atoms with van der Waals surface area (Å²) in [7, 11) is 0. The first-order valence-electron chi connectivity index (χ1n) is 4.15. The van der Waals surface area contributed by atoms with Crippen LogP contribution in [0.3, 0.4) is 0 Å². The fraction of sp³-hybridized carbons (Fsp3) is 0.875. The molecular formula is C8H16O4. The molecule has 0 aromatic rings. The van der Waals surface area contributed by atoms with E-state index in [0.717, 1.165) is 0 Å². The molecule has 0 unspecified atom stereocenters. The van der Waals surface area contributed by atoms with Crippen molar-refractivity contribution in [1.82, 2.24) is 0 Å². The Morgan fingerprint density at radius 3 is 2.75 bits per heavy atom. The summed E-state index contributed by atoms with van der Waals surface area (Å²) >= 11 is 0. The molecule has 12 heavy (non-hydrogen) atoms. The summed E-state index contributed by atoms with van der Waals surface area (Å²) in [5.41, 5.74) is 0. The first-order chi connectivity index (χ1) is 5.70. The fourth-order valence-corrected chi connectivity index (χ4v) is 0.806. The van der Waals surface area contributed by atoms with E-state index in [1.807, 2.05) is 0 Å². The number of aliphatic hydroxyl groups excluding tert-OH is 2. The summed E-state index contributed by atoms with van der Waals surface area (Å²) in [5.74, 6) is -0.248. The molecule has 2 N–H and O–H groups in total. The molecule has 0 amide bonds. The molecule has 4 nitrogen and oxygen atoms in total. The number of hydrogen-bond donors (Lipinski definition) is 2. The summed E-state index contributed by atoms with van der Waals surface area (Å²) < 4.78 is 4.67. The minimum Gasteiger partial charge on any atom is -0.466 e. The molecule has 0 fully saturated rings. The molecule has 0 bridgehead atoms. The maximum atomic E-state index is 10.7. The molecule has 1 atom stereocenters. The van der Waals surface area contributed by atoms with Crippen LogP contribution in [0, 0.1) is 0 Å². The molecule has 0 aromatic heterocycles. The second kappa shape index (κ2) is 7.06. The molecular weight excluding hydrogens is 160 g/mol. The van der Waals surface area contributed by atoms with Gasteiger partial charge in [0.25, 0.3) is 0 Å². The number of rotatable bonds is 6. The number of hydrogen-bond acceptors (Lipinski definition) is 4. The van der Waals surface area contributed by atoms with E-state index in [4.69, 9.17) is 10.2 Å². The van der Waals surface area contributed by atoms with Gasteiger partial charge in [0.2, 0.25) is 0 Å². The zero-order chi connectivity index (χ0) is 9.40. The zero-order valence-electron chi connectivity index (χ0n) is 7.32. The number of carbonyl (C=O) groups is 1. The Kier molecular flexibility index (Phi) is 6.70. The second-order valence-corrected chi connectivity index (χ2v) is 2.53. The lowest BCUT2D eigenvalue weighted by Crippen LogP contribution is -2.12. The molecule has 0 saturated carbocycles. The monoisotopic (exact) mass is 176 g/mol. The number of ether oxygens (including phenoxy) is 1. The van der Waals surface area contributed by atoms with E-state index in [1.54, 1.807) is 6.92 Å². The van der Waals surface area contributed by atoms with E-state index in [0.29, 0.717) is 25.9 Å². The molecule has 0 aliphatic carbocycles. The SMILES string of the molecule is CCOC(=O)CCC[C@H](O)CO. The Balaban J connectivity index is 3.24. The van der Waals surface area contributed by atoms with Crippen molar-refractivity contribution >= 4 is 5.97 Å². The van der Waals surface area contributed by atoms with Crippen LogP contribution in [0.5, 0.6) is 0 Å². The van der Waals surface area contributed by atoms with Gasteiger partial charge in [-0.25, -0.2) is 0 Å². The van der Waals surface area contributed by atoms with Gasteiger partial charge >= 0.3 is 5.97 Å². The lowest BCUT2D eigenvalue weighted by molar-refractivity contribution is -0.143. The van der Waals surface area contributed by atoms with Crippen LogP contribution >= 0.6 is 0 Å². The second-order valence-electron chi connectivity index (χ2n) is 2.53. The molecule has 0 aromatic carbocycles. The lowest BCUT2D eigenvalue weighted by Gasteiger charge is -2.05. The molecule has 0 aliphatic rings. The van der Waals surface area contributed by atoms with Crippen molar-refractivity contribution in [2.24, 2.45) is 0 Å². The minimum atomic E-state index is -0.709. The van der Waals surface area contributed by atoms with Gasteiger partial charge in [0.15, 0.2) is 0 Å². The van der Waals surface area contributed by atoms with Crippen LogP contribution in [-0.2, 0) is 9.53 Å². The van der Waals surface area contributed by atoms with E-state index in [2.05, 4.69) is 4.74 Å². The minimum absolute atomic E-state index is 0.247. The highest BCUT2D eigenvalue weighted by atomic mass is 16.5. The predicted octanol–water partition coefficient (Wildman–Crippen LogP) is 0.0730. The molecule has 0 aliphatic heterocycles. The van der Waals surface area contributed by atoms with Crippen molar-refractivity contribution < 1.29 is 19.7 Å². The largest absolute Gasteiger partial charge is 0.466 e. The Morgan fingerprint density at radius 2 is 2.25 bits per heavy atom. The van der Waals surface area contributed by atoms with Crippen LogP contribution < -0.4 is 0 Å². The van der Waals surface area contributed by atoms with Crippen LogP contribution in [0.25, 0.3) is 0 Å². The predicted molar refractivity (Wildman–Crippen MR) is 43.6 cm³/mol. The first-order valence-corrected chi connectivity index (χ1v) is 4.15. The first kappa shape index (κ1) is 11.4. The third kappa shape index (κ3) is 6.12. The van der Waals surface area contributed by atoms with Crippen molar-refractivity contribution in [1.29, 1.82) is 0 Å². The summed E-state index contributed by atoms with van der Waals surface area (Å²) in [4.78, 5) is 10.7. The van der Waals surface area contributed by atoms with E-state index < -0.39 is 6.10 Å². The molecule has 72 valence electrons. The highest BCUT2D eigenvalue weighted by molar-refractivity contribution is 5.69. The van der Waals surface area contributed by atoms with E-state index in [9.17, 15) is 4.79 Å². The van der Waals surface area contributed by atoms with Gasteiger partial charge in [-0.1, -0.05) is 0 Å². The van der Waals surface area contributed by atoms with Crippen LogP contribution in [0.15, 0.2) is 0 Å². The third-order valence-electron chi connectivity index (χ3n) is 1.43. The van der Waals surface area contributed by atoms with Gasteiger partial charge in [-0.2, -0.15) is 0 Å². The molecule has 0 saturated heterocycles. The van der Waals surface area contributed by atoms with Gasteiger partial charge in [0.1, 0.15) is 0 Å². The van der Waals surface area contributed by atoms with Gasteiger partial charge in [0.05, 0.1) is 19.3 Å². The van der Waals surface area contributed by atoms with Crippen molar-refractivity contribution in [3.63, 3.8) is 0 Å². The Hall–Kier alpha value is -0.610. The topological polar surface area (TPSA) is 66.8 Å². The highest BCUT2D eigenvalue weighted by Gasteiger charge is 2.05. The van der Waals surface area contributed by atoms with Gasteiger partial charge in [0, 0.05) is 6.42 Å². The van der Waals surface area contributed by atoms with Crippen molar-refractivity contribution in [2.75, 3.05) is 13.2 Å². The smallest absolute Gasteiger partial charge is 0.305 e. The Morgan fingerprint density at radius 1 is 1.58 bits per heavy atom. The average Bonchev–Trinajstić information content (AvgIpc) is 2.04. The Labute approximate surface area is 72.2 Å². The van der Waals surface area contributed by atoms with Crippen LogP contribution in [0.1, 0.15) is 26.2 Å². The normalized spacial score (nSPS) is 12.6. The van der Waals surface area contributed by atoms with Crippen LogP contribution in [0.2, 0.25) is 0 Å². The van der Waals surface area contributed by atoms with Crippen LogP contribution in [-0.4, -0.2) is 35.5 Å². The summed E-state index contributed by atoms with van der Waals surface area (Å²) in [5, 5.41) is 17.3. The fourth-order valence-electron chi connectivity index (χ4n) is 0.806. The van der Waals surface area contributed by atoms with Gasteiger partial charge in [-0.05, 0) is 19.8 Å². The van der Waals surface area contributed by atoms with E-state index in [1.165, 1.54) is 0 Å². The van der Waals surface area contributed by atoms with Gasteiger partial charge in [-0.15, -0.1) is 0 Å². The maximum absolute atomic E-state index is 10.7. The maximum Gasteiger partial charge on any atom is 0.305 e. The summed E-state index contributed by atoms with van der Waals surface area (Å²) in [6.45, 7) is 1.89. The molecule has 0 heterocycles. The van der Waals surface area contributed by atoms with Crippen molar-refractivity contribution in [2.45, 2.75) is 32.3 Å². The summed E-state index contributed by atoms with van der Waals surface area (Å²) in [6, 6.07) is 0. The van der Waals surface area contributed by atoms with Gasteiger partial charge in [-0.3, -0.25) is 4.79 Å². The number of aliphatic hydroxyl groups is 2. The third-order valence-corrected chi connectivity index (χ3v) is 1.43. The van der Waals surface area contributed by atoms with Gasteiger partial charge < -0.3 is 14.9 Å². The van der Waals surface area contributed by atoms with E-state index >= 15 is 0 Å². The molecule has 0 rings (SSSR count). The van der Waals surface area contributed by atoms with E-state index in [-0.39, 0.29) is 12.6 Å². The molecule has 4 heteroatoms. The quantitative estimate of drug-likeness (QED) is 0.562. The van der Waals surface area contributed by atoms with Crippen molar-refractivity contribution in [3.8, 4) is 0 Å². The van der Waals surface area contributed by atoms with Crippen molar-refractivity contribution in [3.05, 3.63) is 0 Å². The number of esters is 1. The molecule has 0 spiro atoms. The summed E-state index contributed by atoms with van der Waals surface area (Å²) in [6.07, 6.45) is 0.597. The average molecular weight is 176 g/mol. The Bertz CT molecular complexity index is 124. The highest BCUT2D eigenvalue weighted by Crippen LogP contribution is 2.01. The molecule has 0 radical (unpaired) electrons.